The maximum Gasteiger partial charge on any atom is 0.0418 e. The van der Waals surface area contributed by atoms with Gasteiger partial charge in [0.25, 0.3) is 0 Å². The van der Waals surface area contributed by atoms with Crippen LogP contribution in [0.25, 0.3) is 0 Å². The van der Waals surface area contributed by atoms with Crippen LogP contribution in [0.5, 0.6) is 0 Å². The molecule has 1 aliphatic rings. The highest BCUT2D eigenvalue weighted by Crippen LogP contribution is 2.40. The molecular weight excluding hydrogens is 202 g/mol. The Morgan fingerprint density at radius 1 is 1.40 bits per heavy atom. The molecule has 1 fully saturated rings. The van der Waals surface area contributed by atoms with Gasteiger partial charge in [-0.15, -0.1) is 0 Å². The van der Waals surface area contributed by atoms with Gasteiger partial charge >= 0.3 is 0 Å². The predicted molar refractivity (Wildman–Crippen MR) is 67.0 cm³/mol. The minimum Gasteiger partial charge on any atom is -0.321 e. The molecule has 0 unspecified atom stereocenters. The topological polar surface area (TPSA) is 26.0 Å². The Hall–Kier alpha value is -0.340. The van der Waals surface area contributed by atoms with Crippen LogP contribution in [0.3, 0.4) is 0 Å². The average Bonchev–Trinajstić information content (AvgIpc) is 2.71. The van der Waals surface area contributed by atoms with Gasteiger partial charge in [0.05, 0.1) is 0 Å². The molecule has 2 rings (SSSR count). The minimum atomic E-state index is -0.0224. The fourth-order valence-electron chi connectivity index (χ4n) is 2.66. The molecule has 2 heteroatoms. The molecule has 1 aliphatic carbocycles. The lowest BCUT2D eigenvalue weighted by Gasteiger charge is -2.38. The zero-order valence-corrected chi connectivity index (χ0v) is 10.5. The van der Waals surface area contributed by atoms with Crippen molar-refractivity contribution in [3.63, 3.8) is 0 Å². The number of rotatable bonds is 2. The van der Waals surface area contributed by atoms with Gasteiger partial charge in [0.1, 0.15) is 0 Å². The molecule has 0 radical (unpaired) electrons. The van der Waals surface area contributed by atoms with Gasteiger partial charge in [-0.3, -0.25) is 0 Å². The first-order chi connectivity index (χ1) is 7.12. The third-order valence-corrected chi connectivity index (χ3v) is 4.64. The smallest absolute Gasteiger partial charge is 0.0418 e. The Morgan fingerprint density at radius 2 is 2.07 bits per heavy atom. The molecule has 0 aromatic carbocycles. The van der Waals surface area contributed by atoms with E-state index >= 15 is 0 Å². The van der Waals surface area contributed by atoms with Crippen LogP contribution in [0.15, 0.2) is 16.8 Å². The van der Waals surface area contributed by atoms with Gasteiger partial charge in [0.2, 0.25) is 0 Å². The maximum atomic E-state index is 6.49. The van der Waals surface area contributed by atoms with Crippen molar-refractivity contribution >= 4 is 11.3 Å². The SMILES string of the molecule is CC(C)C1CCC(N)(c2ccsc2)CC1. The van der Waals surface area contributed by atoms with E-state index in [0.717, 1.165) is 24.7 Å². The molecule has 0 atom stereocenters. The van der Waals surface area contributed by atoms with Gasteiger partial charge in [-0.05, 0) is 59.9 Å². The van der Waals surface area contributed by atoms with Crippen LogP contribution in [0.2, 0.25) is 0 Å². The van der Waals surface area contributed by atoms with Crippen LogP contribution < -0.4 is 5.73 Å². The molecule has 0 amide bonds. The summed E-state index contributed by atoms with van der Waals surface area (Å²) in [6, 6.07) is 2.19. The monoisotopic (exact) mass is 223 g/mol. The molecule has 1 aromatic rings. The molecule has 1 heterocycles. The lowest BCUT2D eigenvalue weighted by molar-refractivity contribution is 0.196. The van der Waals surface area contributed by atoms with Crippen molar-refractivity contribution in [3.05, 3.63) is 22.4 Å². The third-order valence-electron chi connectivity index (χ3n) is 3.96. The standard InChI is InChI=1S/C13H21NS/c1-10(2)11-3-6-13(14,7-4-11)12-5-8-15-9-12/h5,8-11H,3-4,6-7,14H2,1-2H3. The van der Waals surface area contributed by atoms with Crippen LogP contribution in [-0.4, -0.2) is 0 Å². The summed E-state index contributed by atoms with van der Waals surface area (Å²) in [4.78, 5) is 0. The Balaban J connectivity index is 2.03. The van der Waals surface area contributed by atoms with Crippen molar-refractivity contribution in [2.75, 3.05) is 0 Å². The zero-order valence-electron chi connectivity index (χ0n) is 9.70. The Bertz CT molecular complexity index is 294. The van der Waals surface area contributed by atoms with Crippen molar-refractivity contribution < 1.29 is 0 Å². The third kappa shape index (κ3) is 2.26. The molecule has 1 nitrogen and oxygen atoms in total. The van der Waals surface area contributed by atoms with Crippen LogP contribution in [0.1, 0.15) is 45.1 Å². The van der Waals surface area contributed by atoms with Gasteiger partial charge < -0.3 is 5.73 Å². The summed E-state index contributed by atoms with van der Waals surface area (Å²) >= 11 is 1.76. The molecule has 1 saturated carbocycles. The fourth-order valence-corrected chi connectivity index (χ4v) is 3.42. The van der Waals surface area contributed by atoms with Gasteiger partial charge in [-0.1, -0.05) is 13.8 Å². The van der Waals surface area contributed by atoms with Crippen molar-refractivity contribution in [1.29, 1.82) is 0 Å². The molecule has 1 aromatic heterocycles. The maximum absolute atomic E-state index is 6.49. The Labute approximate surface area is 96.7 Å². The molecule has 15 heavy (non-hydrogen) atoms. The Kier molecular flexibility index (Phi) is 3.17. The van der Waals surface area contributed by atoms with Gasteiger partial charge in [0.15, 0.2) is 0 Å². The number of hydrogen-bond donors (Lipinski definition) is 1. The van der Waals surface area contributed by atoms with Crippen molar-refractivity contribution in [3.8, 4) is 0 Å². The van der Waals surface area contributed by atoms with Gasteiger partial charge in [0, 0.05) is 5.54 Å². The summed E-state index contributed by atoms with van der Waals surface area (Å²) in [7, 11) is 0. The number of hydrogen-bond acceptors (Lipinski definition) is 2. The second-order valence-corrected chi connectivity index (χ2v) is 6.03. The van der Waals surface area contributed by atoms with E-state index in [1.165, 1.54) is 18.4 Å². The Morgan fingerprint density at radius 3 is 2.53 bits per heavy atom. The molecule has 0 bridgehead atoms. The number of thiophene rings is 1. The van der Waals surface area contributed by atoms with E-state index in [9.17, 15) is 0 Å². The van der Waals surface area contributed by atoms with Gasteiger partial charge in [-0.2, -0.15) is 11.3 Å². The largest absolute Gasteiger partial charge is 0.321 e. The first-order valence-electron chi connectivity index (χ1n) is 5.93. The molecule has 0 spiro atoms. The zero-order chi connectivity index (χ0) is 10.9. The summed E-state index contributed by atoms with van der Waals surface area (Å²) in [5.41, 5.74) is 7.83. The summed E-state index contributed by atoms with van der Waals surface area (Å²) in [5, 5.41) is 4.36. The highest BCUT2D eigenvalue weighted by Gasteiger charge is 2.34. The van der Waals surface area contributed by atoms with E-state index in [2.05, 4.69) is 30.7 Å². The number of nitrogens with two attached hydrogens (primary N) is 1. The average molecular weight is 223 g/mol. The van der Waals surface area contributed by atoms with E-state index in [-0.39, 0.29) is 5.54 Å². The van der Waals surface area contributed by atoms with Crippen LogP contribution >= 0.6 is 11.3 Å². The van der Waals surface area contributed by atoms with Crippen LogP contribution in [-0.2, 0) is 5.54 Å². The van der Waals surface area contributed by atoms with E-state index in [0.29, 0.717) is 0 Å². The predicted octanol–water partition coefficient (Wildman–Crippen LogP) is 3.75. The highest BCUT2D eigenvalue weighted by molar-refractivity contribution is 7.08. The molecule has 84 valence electrons. The van der Waals surface area contributed by atoms with E-state index in [4.69, 9.17) is 5.73 Å². The minimum absolute atomic E-state index is 0.0224. The summed E-state index contributed by atoms with van der Waals surface area (Å²) in [6.07, 6.45) is 4.91. The molecule has 0 aliphatic heterocycles. The van der Waals surface area contributed by atoms with E-state index in [1.54, 1.807) is 11.3 Å². The first-order valence-corrected chi connectivity index (χ1v) is 6.88. The summed E-state index contributed by atoms with van der Waals surface area (Å²) in [6.45, 7) is 4.66. The normalized spacial score (nSPS) is 32.1. The van der Waals surface area contributed by atoms with Gasteiger partial charge in [-0.25, -0.2) is 0 Å². The van der Waals surface area contributed by atoms with Crippen molar-refractivity contribution in [2.24, 2.45) is 17.6 Å². The fraction of sp³-hybridized carbons (Fsp3) is 0.692. The van der Waals surface area contributed by atoms with Crippen LogP contribution in [0.4, 0.5) is 0 Å². The highest BCUT2D eigenvalue weighted by atomic mass is 32.1. The van der Waals surface area contributed by atoms with Crippen molar-refractivity contribution in [1.82, 2.24) is 0 Å². The second-order valence-electron chi connectivity index (χ2n) is 5.25. The lowest BCUT2D eigenvalue weighted by atomic mass is 9.71. The quantitative estimate of drug-likeness (QED) is 0.812. The summed E-state index contributed by atoms with van der Waals surface area (Å²) in [5.74, 6) is 1.71. The molecule has 0 saturated heterocycles. The lowest BCUT2D eigenvalue weighted by Crippen LogP contribution is -2.40. The van der Waals surface area contributed by atoms with E-state index in [1.807, 2.05) is 0 Å². The first kappa shape index (κ1) is 11.2. The molecule has 2 N–H and O–H groups in total. The van der Waals surface area contributed by atoms with Crippen molar-refractivity contribution in [2.45, 2.75) is 45.1 Å². The second kappa shape index (κ2) is 4.26. The summed E-state index contributed by atoms with van der Waals surface area (Å²) < 4.78 is 0. The van der Waals surface area contributed by atoms with E-state index < -0.39 is 0 Å². The van der Waals surface area contributed by atoms with Crippen LogP contribution in [0, 0.1) is 11.8 Å². The molecular formula is C13H21NS.